The van der Waals surface area contributed by atoms with Crippen molar-refractivity contribution in [3.8, 4) is 22.8 Å². The van der Waals surface area contributed by atoms with Gasteiger partial charge in [-0.2, -0.15) is 0 Å². The molecule has 1 aromatic heterocycles. The number of fused-ring (bicyclic) bond motifs is 1. The summed E-state index contributed by atoms with van der Waals surface area (Å²) in [6.07, 6.45) is 0.701. The molecule has 0 aliphatic carbocycles. The SMILES string of the molecule is COc1ccc(-n2c(-c3ccccc3)nc3c(c2=O)CCNC3)cc1. The Hall–Kier alpha value is -2.92. The average Bonchev–Trinajstić information content (AvgIpc) is 2.69. The molecule has 0 spiro atoms. The van der Waals surface area contributed by atoms with E-state index in [2.05, 4.69) is 5.32 Å². The van der Waals surface area contributed by atoms with E-state index in [1.807, 2.05) is 54.6 Å². The maximum Gasteiger partial charge on any atom is 0.261 e. The van der Waals surface area contributed by atoms with Gasteiger partial charge in [-0.1, -0.05) is 30.3 Å². The van der Waals surface area contributed by atoms with Gasteiger partial charge in [0.1, 0.15) is 11.6 Å². The summed E-state index contributed by atoms with van der Waals surface area (Å²) >= 11 is 0. The van der Waals surface area contributed by atoms with Crippen LogP contribution in [0.4, 0.5) is 0 Å². The quantitative estimate of drug-likeness (QED) is 0.800. The van der Waals surface area contributed by atoms with Gasteiger partial charge in [0, 0.05) is 17.7 Å². The molecule has 1 aliphatic rings. The molecular formula is C20H19N3O2. The molecule has 1 aliphatic heterocycles. The van der Waals surface area contributed by atoms with Crippen molar-refractivity contribution in [2.45, 2.75) is 13.0 Å². The van der Waals surface area contributed by atoms with Gasteiger partial charge in [-0.3, -0.25) is 9.36 Å². The summed E-state index contributed by atoms with van der Waals surface area (Å²) in [6, 6.07) is 17.3. The molecule has 5 nitrogen and oxygen atoms in total. The number of benzene rings is 2. The molecule has 126 valence electrons. The van der Waals surface area contributed by atoms with Crippen molar-refractivity contribution in [2.24, 2.45) is 0 Å². The Kier molecular flexibility index (Phi) is 4.07. The van der Waals surface area contributed by atoms with Gasteiger partial charge in [0.05, 0.1) is 18.5 Å². The van der Waals surface area contributed by atoms with Crippen molar-refractivity contribution < 1.29 is 4.74 Å². The van der Waals surface area contributed by atoms with Crippen molar-refractivity contribution in [1.29, 1.82) is 0 Å². The molecule has 3 aromatic rings. The number of methoxy groups -OCH3 is 1. The molecule has 1 N–H and O–H groups in total. The average molecular weight is 333 g/mol. The fourth-order valence-corrected chi connectivity index (χ4v) is 3.17. The van der Waals surface area contributed by atoms with Gasteiger partial charge in [0.2, 0.25) is 0 Å². The van der Waals surface area contributed by atoms with Gasteiger partial charge >= 0.3 is 0 Å². The number of hydrogen-bond donors (Lipinski definition) is 1. The van der Waals surface area contributed by atoms with E-state index in [0.29, 0.717) is 18.8 Å². The molecule has 0 saturated heterocycles. The number of aromatic nitrogens is 2. The molecule has 0 atom stereocenters. The summed E-state index contributed by atoms with van der Waals surface area (Å²) in [7, 11) is 1.63. The van der Waals surface area contributed by atoms with Crippen LogP contribution in [0.5, 0.6) is 5.75 Å². The molecule has 0 bridgehead atoms. The third-order valence-corrected chi connectivity index (χ3v) is 4.47. The number of rotatable bonds is 3. The third kappa shape index (κ3) is 2.83. The Morgan fingerprint density at radius 3 is 2.56 bits per heavy atom. The summed E-state index contributed by atoms with van der Waals surface area (Å²) < 4.78 is 6.94. The number of ether oxygens (including phenoxy) is 1. The molecule has 2 aromatic carbocycles. The maximum absolute atomic E-state index is 13.2. The zero-order valence-corrected chi connectivity index (χ0v) is 14.0. The summed E-state index contributed by atoms with van der Waals surface area (Å²) in [5.41, 5.74) is 3.37. The van der Waals surface area contributed by atoms with E-state index in [0.717, 1.165) is 34.8 Å². The topological polar surface area (TPSA) is 56.2 Å². The standard InChI is InChI=1S/C20H19N3O2/c1-25-16-9-7-15(8-10-16)23-19(14-5-3-2-4-6-14)22-18-13-21-12-11-17(18)20(23)24/h2-10,21H,11-13H2,1H3. The number of hydrogen-bond acceptors (Lipinski definition) is 4. The Morgan fingerprint density at radius 1 is 1.08 bits per heavy atom. The van der Waals surface area contributed by atoms with Crippen molar-refractivity contribution in [3.63, 3.8) is 0 Å². The van der Waals surface area contributed by atoms with E-state index in [1.54, 1.807) is 11.7 Å². The normalized spacial score (nSPS) is 13.3. The van der Waals surface area contributed by atoms with Crippen LogP contribution in [0.25, 0.3) is 17.1 Å². The van der Waals surface area contributed by atoms with Crippen LogP contribution in [0.2, 0.25) is 0 Å². The predicted octanol–water partition coefficient (Wildman–Crippen LogP) is 2.55. The Morgan fingerprint density at radius 2 is 1.84 bits per heavy atom. The van der Waals surface area contributed by atoms with E-state index in [4.69, 9.17) is 9.72 Å². The molecule has 5 heteroatoms. The van der Waals surface area contributed by atoms with Gasteiger partial charge in [0.25, 0.3) is 5.56 Å². The first kappa shape index (κ1) is 15.6. The van der Waals surface area contributed by atoms with Gasteiger partial charge < -0.3 is 10.1 Å². The van der Waals surface area contributed by atoms with Crippen LogP contribution in [-0.4, -0.2) is 23.2 Å². The highest BCUT2D eigenvalue weighted by Gasteiger charge is 2.20. The van der Waals surface area contributed by atoms with Crippen LogP contribution in [0.3, 0.4) is 0 Å². The molecule has 0 saturated carbocycles. The molecule has 0 radical (unpaired) electrons. The Balaban J connectivity index is 1.98. The van der Waals surface area contributed by atoms with Gasteiger partial charge in [-0.05, 0) is 37.2 Å². The van der Waals surface area contributed by atoms with Crippen molar-refractivity contribution in [1.82, 2.24) is 14.9 Å². The van der Waals surface area contributed by atoms with Crippen LogP contribution in [0.1, 0.15) is 11.3 Å². The first-order chi connectivity index (χ1) is 12.3. The fourth-order valence-electron chi connectivity index (χ4n) is 3.17. The molecule has 2 heterocycles. The van der Waals surface area contributed by atoms with Crippen LogP contribution in [0, 0.1) is 0 Å². The molecule has 4 rings (SSSR count). The summed E-state index contributed by atoms with van der Waals surface area (Å²) in [5.74, 6) is 1.42. The van der Waals surface area contributed by atoms with Gasteiger partial charge in [-0.15, -0.1) is 0 Å². The van der Waals surface area contributed by atoms with E-state index in [9.17, 15) is 4.79 Å². The van der Waals surface area contributed by atoms with Crippen LogP contribution >= 0.6 is 0 Å². The first-order valence-electron chi connectivity index (χ1n) is 8.33. The zero-order chi connectivity index (χ0) is 17.2. The van der Waals surface area contributed by atoms with Crippen LogP contribution in [-0.2, 0) is 13.0 Å². The smallest absolute Gasteiger partial charge is 0.261 e. The van der Waals surface area contributed by atoms with E-state index in [1.165, 1.54) is 0 Å². The zero-order valence-electron chi connectivity index (χ0n) is 14.0. The maximum atomic E-state index is 13.2. The van der Waals surface area contributed by atoms with Crippen molar-refractivity contribution in [2.75, 3.05) is 13.7 Å². The molecule has 0 amide bonds. The Labute approximate surface area is 145 Å². The summed E-state index contributed by atoms with van der Waals surface area (Å²) in [4.78, 5) is 18.1. The summed E-state index contributed by atoms with van der Waals surface area (Å²) in [6.45, 7) is 1.44. The molecule has 0 unspecified atom stereocenters. The number of nitrogens with one attached hydrogen (secondary N) is 1. The van der Waals surface area contributed by atoms with E-state index >= 15 is 0 Å². The molecule has 25 heavy (non-hydrogen) atoms. The monoisotopic (exact) mass is 333 g/mol. The van der Waals surface area contributed by atoms with Gasteiger partial charge in [0.15, 0.2) is 0 Å². The van der Waals surface area contributed by atoms with E-state index < -0.39 is 0 Å². The lowest BCUT2D eigenvalue weighted by Gasteiger charge is -2.20. The highest BCUT2D eigenvalue weighted by Crippen LogP contribution is 2.23. The second-order valence-corrected chi connectivity index (χ2v) is 5.99. The largest absolute Gasteiger partial charge is 0.497 e. The minimum atomic E-state index is 0.00974. The van der Waals surface area contributed by atoms with Crippen LogP contribution < -0.4 is 15.6 Å². The highest BCUT2D eigenvalue weighted by atomic mass is 16.5. The van der Waals surface area contributed by atoms with Crippen molar-refractivity contribution >= 4 is 0 Å². The molecular weight excluding hydrogens is 314 g/mol. The Bertz CT molecular complexity index is 947. The summed E-state index contributed by atoms with van der Waals surface area (Å²) in [5, 5.41) is 3.29. The fraction of sp³-hybridized carbons (Fsp3) is 0.200. The molecule has 0 fully saturated rings. The number of nitrogens with zero attached hydrogens (tertiary/aromatic N) is 2. The lowest BCUT2D eigenvalue weighted by Crippen LogP contribution is -2.35. The van der Waals surface area contributed by atoms with Crippen molar-refractivity contribution in [3.05, 3.63) is 76.2 Å². The predicted molar refractivity (Wildman–Crippen MR) is 97.2 cm³/mol. The van der Waals surface area contributed by atoms with Crippen LogP contribution in [0.15, 0.2) is 59.4 Å². The second-order valence-electron chi connectivity index (χ2n) is 5.99. The highest BCUT2D eigenvalue weighted by molar-refractivity contribution is 5.59. The third-order valence-electron chi connectivity index (χ3n) is 4.47. The van der Waals surface area contributed by atoms with E-state index in [-0.39, 0.29) is 5.56 Å². The first-order valence-corrected chi connectivity index (χ1v) is 8.33. The lowest BCUT2D eigenvalue weighted by molar-refractivity contribution is 0.414. The minimum Gasteiger partial charge on any atom is -0.497 e. The van der Waals surface area contributed by atoms with Gasteiger partial charge in [-0.25, -0.2) is 4.98 Å². The second kappa shape index (κ2) is 6.53. The minimum absolute atomic E-state index is 0.00974. The lowest BCUT2D eigenvalue weighted by atomic mass is 10.1.